The van der Waals surface area contributed by atoms with Crippen molar-refractivity contribution in [1.82, 2.24) is 4.98 Å². The van der Waals surface area contributed by atoms with Crippen LogP contribution in [0.2, 0.25) is 0 Å². The zero-order chi connectivity index (χ0) is 14.0. The average Bonchev–Trinajstić information content (AvgIpc) is 2.38. The number of hydrogen-bond donors (Lipinski definition) is 1. The Balaban J connectivity index is 2.37. The first-order valence-corrected chi connectivity index (χ1v) is 5.31. The van der Waals surface area contributed by atoms with Gasteiger partial charge in [0.25, 0.3) is 0 Å². The van der Waals surface area contributed by atoms with E-state index in [1.165, 1.54) is 18.2 Å². The number of benzene rings is 1. The van der Waals surface area contributed by atoms with Gasteiger partial charge in [-0.15, -0.1) is 0 Å². The van der Waals surface area contributed by atoms with Crippen molar-refractivity contribution in [3.05, 3.63) is 53.7 Å². The van der Waals surface area contributed by atoms with E-state index in [9.17, 15) is 18.0 Å². The number of carbonyl (C=O) groups is 1. The number of alkyl halides is 3. The number of hydrogen-bond acceptors (Lipinski definition) is 2. The molecule has 2 rings (SSSR count). The summed E-state index contributed by atoms with van der Waals surface area (Å²) in [4.78, 5) is 14.8. The first-order chi connectivity index (χ1) is 8.88. The Morgan fingerprint density at radius 2 is 1.89 bits per heavy atom. The number of pyridine rings is 1. The Kier molecular flexibility index (Phi) is 3.25. The van der Waals surface area contributed by atoms with Crippen molar-refractivity contribution in [3.63, 3.8) is 0 Å². The van der Waals surface area contributed by atoms with Gasteiger partial charge in [0, 0.05) is 17.3 Å². The lowest BCUT2D eigenvalue weighted by atomic mass is 10.1. The van der Waals surface area contributed by atoms with Gasteiger partial charge in [-0.2, -0.15) is 13.2 Å². The molecule has 1 heterocycles. The monoisotopic (exact) mass is 266 g/mol. The second kappa shape index (κ2) is 4.72. The highest BCUT2D eigenvalue weighted by Gasteiger charge is 2.30. The number of aromatic nitrogens is 1. The summed E-state index contributed by atoms with van der Waals surface area (Å²) in [7, 11) is 0. The van der Waals surface area contributed by atoms with Crippen LogP contribution in [0.25, 0.3) is 11.3 Å². The van der Waals surface area contributed by atoms with Crippen molar-refractivity contribution in [2.45, 2.75) is 6.18 Å². The number of primary amides is 1. The molecule has 1 aromatic heterocycles. The predicted octanol–water partition coefficient (Wildman–Crippen LogP) is 2.87. The van der Waals surface area contributed by atoms with Crippen LogP contribution in [0.15, 0.2) is 42.6 Å². The van der Waals surface area contributed by atoms with Crippen molar-refractivity contribution in [2.24, 2.45) is 5.73 Å². The minimum absolute atomic E-state index is 0.277. The predicted molar refractivity (Wildman–Crippen MR) is 63.2 cm³/mol. The first kappa shape index (κ1) is 13.1. The maximum atomic E-state index is 12.4. The normalized spacial score (nSPS) is 11.3. The van der Waals surface area contributed by atoms with E-state index < -0.39 is 17.6 Å². The zero-order valence-corrected chi connectivity index (χ0v) is 9.61. The van der Waals surface area contributed by atoms with E-state index in [1.807, 2.05) is 0 Å². The van der Waals surface area contributed by atoms with Gasteiger partial charge in [0.15, 0.2) is 0 Å². The summed E-state index contributed by atoms with van der Waals surface area (Å²) in [5, 5.41) is 0. The van der Waals surface area contributed by atoms with Gasteiger partial charge >= 0.3 is 6.18 Å². The molecule has 2 aromatic rings. The molecule has 0 unspecified atom stereocenters. The molecule has 1 amide bonds. The molecule has 0 radical (unpaired) electrons. The maximum absolute atomic E-state index is 12.4. The highest BCUT2D eigenvalue weighted by molar-refractivity contribution is 5.93. The van der Waals surface area contributed by atoms with Gasteiger partial charge in [-0.25, -0.2) is 0 Å². The van der Waals surface area contributed by atoms with Crippen LogP contribution in [0.5, 0.6) is 0 Å². The third kappa shape index (κ3) is 2.90. The van der Waals surface area contributed by atoms with E-state index in [4.69, 9.17) is 5.73 Å². The molecule has 0 aliphatic carbocycles. The van der Waals surface area contributed by atoms with Gasteiger partial charge < -0.3 is 5.73 Å². The van der Waals surface area contributed by atoms with Crippen LogP contribution in [0.4, 0.5) is 13.2 Å². The Morgan fingerprint density at radius 1 is 1.16 bits per heavy atom. The molecule has 0 aliphatic rings. The van der Waals surface area contributed by atoms with Gasteiger partial charge in [0.1, 0.15) is 0 Å². The summed E-state index contributed by atoms with van der Waals surface area (Å²) in [6.07, 6.45) is -3.66. The van der Waals surface area contributed by atoms with Gasteiger partial charge in [0.05, 0.1) is 11.3 Å². The molecular weight excluding hydrogens is 257 g/mol. The summed E-state index contributed by atoms with van der Waals surface area (Å²) >= 11 is 0. The fourth-order valence-electron chi connectivity index (χ4n) is 1.56. The summed E-state index contributed by atoms with van der Waals surface area (Å²) in [6, 6.07) is 8.44. The molecule has 0 saturated heterocycles. The summed E-state index contributed by atoms with van der Waals surface area (Å²) in [5.41, 5.74) is 5.47. The molecule has 0 saturated carbocycles. The van der Waals surface area contributed by atoms with Gasteiger partial charge in [-0.3, -0.25) is 9.78 Å². The van der Waals surface area contributed by atoms with Gasteiger partial charge in [-0.05, 0) is 24.3 Å². The Labute approximate surface area is 106 Å². The van der Waals surface area contributed by atoms with Crippen LogP contribution in [0.3, 0.4) is 0 Å². The second-order valence-corrected chi connectivity index (χ2v) is 3.87. The summed E-state index contributed by atoms with van der Waals surface area (Å²) in [6.45, 7) is 0. The standard InChI is InChI=1S/C13H9F3N2O/c14-13(15,16)10-4-5-11(18-7-10)8-2-1-3-9(6-8)12(17)19/h1-7H,(H2,17,19). The van der Waals surface area contributed by atoms with Gasteiger partial charge in [-0.1, -0.05) is 12.1 Å². The largest absolute Gasteiger partial charge is 0.417 e. The molecule has 0 aliphatic heterocycles. The van der Waals surface area contributed by atoms with Crippen LogP contribution in [-0.2, 0) is 6.18 Å². The lowest BCUT2D eigenvalue weighted by Crippen LogP contribution is -2.10. The second-order valence-electron chi connectivity index (χ2n) is 3.87. The van der Waals surface area contributed by atoms with Crippen molar-refractivity contribution < 1.29 is 18.0 Å². The van der Waals surface area contributed by atoms with Crippen molar-refractivity contribution in [2.75, 3.05) is 0 Å². The fourth-order valence-corrected chi connectivity index (χ4v) is 1.56. The van der Waals surface area contributed by atoms with Crippen molar-refractivity contribution >= 4 is 5.91 Å². The third-order valence-corrected chi connectivity index (χ3v) is 2.53. The Hall–Kier alpha value is -2.37. The molecule has 0 bridgehead atoms. The van der Waals surface area contributed by atoms with Crippen LogP contribution < -0.4 is 5.73 Å². The molecule has 98 valence electrons. The van der Waals surface area contributed by atoms with Crippen molar-refractivity contribution in [1.29, 1.82) is 0 Å². The summed E-state index contributed by atoms with van der Waals surface area (Å²) < 4.78 is 37.2. The van der Waals surface area contributed by atoms with E-state index in [0.29, 0.717) is 11.3 Å². The molecule has 6 heteroatoms. The van der Waals surface area contributed by atoms with E-state index in [1.54, 1.807) is 12.1 Å². The topological polar surface area (TPSA) is 56.0 Å². The van der Waals surface area contributed by atoms with E-state index in [-0.39, 0.29) is 5.56 Å². The van der Waals surface area contributed by atoms with E-state index in [0.717, 1.165) is 12.3 Å². The zero-order valence-electron chi connectivity index (χ0n) is 9.61. The van der Waals surface area contributed by atoms with E-state index in [2.05, 4.69) is 4.98 Å². The minimum Gasteiger partial charge on any atom is -0.366 e. The van der Waals surface area contributed by atoms with Crippen LogP contribution in [-0.4, -0.2) is 10.9 Å². The van der Waals surface area contributed by atoms with Gasteiger partial charge in [0.2, 0.25) is 5.91 Å². The quantitative estimate of drug-likeness (QED) is 0.908. The number of amides is 1. The van der Waals surface area contributed by atoms with Crippen LogP contribution in [0, 0.1) is 0 Å². The summed E-state index contributed by atoms with van der Waals surface area (Å²) in [5.74, 6) is -0.603. The molecule has 2 N–H and O–H groups in total. The molecular formula is C13H9F3N2O. The molecule has 0 spiro atoms. The number of rotatable bonds is 2. The number of halogens is 3. The molecule has 0 atom stereocenters. The maximum Gasteiger partial charge on any atom is 0.417 e. The highest BCUT2D eigenvalue weighted by Crippen LogP contribution is 2.29. The number of carbonyl (C=O) groups excluding carboxylic acids is 1. The molecule has 1 aromatic carbocycles. The average molecular weight is 266 g/mol. The lowest BCUT2D eigenvalue weighted by molar-refractivity contribution is -0.137. The SMILES string of the molecule is NC(=O)c1cccc(-c2ccc(C(F)(F)F)cn2)c1. The molecule has 19 heavy (non-hydrogen) atoms. The van der Waals surface area contributed by atoms with Crippen molar-refractivity contribution in [3.8, 4) is 11.3 Å². The Morgan fingerprint density at radius 3 is 2.42 bits per heavy atom. The van der Waals surface area contributed by atoms with Crippen LogP contribution in [0.1, 0.15) is 15.9 Å². The molecule has 3 nitrogen and oxygen atoms in total. The number of nitrogens with zero attached hydrogens (tertiary/aromatic N) is 1. The fraction of sp³-hybridized carbons (Fsp3) is 0.0769. The lowest BCUT2D eigenvalue weighted by Gasteiger charge is -2.07. The number of nitrogens with two attached hydrogens (primary N) is 1. The molecule has 0 fully saturated rings. The Bertz CT molecular complexity index is 606. The first-order valence-electron chi connectivity index (χ1n) is 5.31. The van der Waals surface area contributed by atoms with Crippen LogP contribution >= 0.6 is 0 Å². The third-order valence-electron chi connectivity index (χ3n) is 2.53. The smallest absolute Gasteiger partial charge is 0.366 e. The minimum atomic E-state index is -4.42. The van der Waals surface area contributed by atoms with E-state index >= 15 is 0 Å². The highest BCUT2D eigenvalue weighted by atomic mass is 19.4.